The summed E-state index contributed by atoms with van der Waals surface area (Å²) in [5.74, 6) is 0.506. The largest absolute Gasteiger partial charge is 0.481 e. The standard InChI is InChI=1S/C13H16FN3O/c1-17-13(18-2)7-12(16-17)9-15-8-10-4-3-5-11(14)6-10/h3-7,15H,8-9H2,1-2H3. The Morgan fingerprint density at radius 3 is 2.83 bits per heavy atom. The third kappa shape index (κ3) is 3.07. The molecule has 0 unspecified atom stereocenters. The number of rotatable bonds is 5. The first-order chi connectivity index (χ1) is 8.69. The molecule has 0 spiro atoms. The summed E-state index contributed by atoms with van der Waals surface area (Å²) in [6.45, 7) is 1.23. The summed E-state index contributed by atoms with van der Waals surface area (Å²) in [6.07, 6.45) is 0. The molecule has 0 amide bonds. The van der Waals surface area contributed by atoms with Crippen LogP contribution >= 0.6 is 0 Å². The van der Waals surface area contributed by atoms with Gasteiger partial charge in [-0.1, -0.05) is 12.1 Å². The van der Waals surface area contributed by atoms with Crippen LogP contribution in [0.5, 0.6) is 5.88 Å². The topological polar surface area (TPSA) is 39.1 Å². The predicted molar refractivity (Wildman–Crippen MR) is 66.7 cm³/mol. The van der Waals surface area contributed by atoms with Gasteiger partial charge in [0.2, 0.25) is 5.88 Å². The van der Waals surface area contributed by atoms with E-state index >= 15 is 0 Å². The smallest absolute Gasteiger partial charge is 0.211 e. The Balaban J connectivity index is 1.88. The molecule has 0 atom stereocenters. The van der Waals surface area contributed by atoms with E-state index in [1.807, 2.05) is 19.2 Å². The van der Waals surface area contributed by atoms with Gasteiger partial charge in [0.1, 0.15) is 5.82 Å². The minimum absolute atomic E-state index is 0.214. The highest BCUT2D eigenvalue weighted by atomic mass is 19.1. The molecule has 0 saturated carbocycles. The first kappa shape index (κ1) is 12.6. The molecule has 1 N–H and O–H groups in total. The summed E-state index contributed by atoms with van der Waals surface area (Å²) >= 11 is 0. The van der Waals surface area contributed by atoms with Gasteiger partial charge in [-0.2, -0.15) is 5.10 Å². The molecule has 1 heterocycles. The van der Waals surface area contributed by atoms with Crippen LogP contribution in [0.3, 0.4) is 0 Å². The maximum atomic E-state index is 13.0. The number of aryl methyl sites for hydroxylation is 1. The first-order valence-corrected chi connectivity index (χ1v) is 5.71. The highest BCUT2D eigenvalue weighted by Gasteiger charge is 2.04. The average Bonchev–Trinajstić information content (AvgIpc) is 2.70. The molecular formula is C13H16FN3O. The molecule has 2 aromatic rings. The number of benzene rings is 1. The number of ether oxygens (including phenoxy) is 1. The van der Waals surface area contributed by atoms with Crippen molar-refractivity contribution in [2.24, 2.45) is 7.05 Å². The van der Waals surface area contributed by atoms with E-state index < -0.39 is 0 Å². The summed E-state index contributed by atoms with van der Waals surface area (Å²) in [6, 6.07) is 8.42. The van der Waals surface area contributed by atoms with E-state index in [2.05, 4.69) is 10.4 Å². The van der Waals surface area contributed by atoms with Gasteiger partial charge in [0.25, 0.3) is 0 Å². The minimum Gasteiger partial charge on any atom is -0.481 e. The Hall–Kier alpha value is -1.88. The molecule has 0 radical (unpaired) electrons. The van der Waals surface area contributed by atoms with Crippen LogP contribution in [0.1, 0.15) is 11.3 Å². The molecule has 18 heavy (non-hydrogen) atoms. The Morgan fingerprint density at radius 2 is 2.17 bits per heavy atom. The number of halogens is 1. The van der Waals surface area contributed by atoms with Crippen LogP contribution in [0.15, 0.2) is 30.3 Å². The van der Waals surface area contributed by atoms with Crippen molar-refractivity contribution in [1.82, 2.24) is 15.1 Å². The van der Waals surface area contributed by atoms with Gasteiger partial charge in [-0.15, -0.1) is 0 Å². The fourth-order valence-electron chi connectivity index (χ4n) is 1.77. The van der Waals surface area contributed by atoms with E-state index in [0.29, 0.717) is 13.1 Å². The summed E-state index contributed by atoms with van der Waals surface area (Å²) in [7, 11) is 3.44. The van der Waals surface area contributed by atoms with Gasteiger partial charge >= 0.3 is 0 Å². The molecule has 0 saturated heterocycles. The molecular weight excluding hydrogens is 233 g/mol. The number of hydrogen-bond acceptors (Lipinski definition) is 3. The van der Waals surface area contributed by atoms with Crippen molar-refractivity contribution in [3.05, 3.63) is 47.4 Å². The third-order valence-corrected chi connectivity index (χ3v) is 2.62. The fraction of sp³-hybridized carbons (Fsp3) is 0.308. The maximum Gasteiger partial charge on any atom is 0.211 e. The Kier molecular flexibility index (Phi) is 3.94. The molecule has 96 valence electrons. The van der Waals surface area contributed by atoms with Crippen LogP contribution < -0.4 is 10.1 Å². The summed E-state index contributed by atoms with van der Waals surface area (Å²) in [5, 5.41) is 7.50. The van der Waals surface area contributed by atoms with E-state index in [9.17, 15) is 4.39 Å². The van der Waals surface area contributed by atoms with Gasteiger partial charge in [0.15, 0.2) is 0 Å². The SMILES string of the molecule is COc1cc(CNCc2cccc(F)c2)nn1C. The number of methoxy groups -OCH3 is 1. The number of nitrogens with one attached hydrogen (secondary N) is 1. The number of aromatic nitrogens is 2. The summed E-state index contributed by atoms with van der Waals surface area (Å²) in [4.78, 5) is 0. The van der Waals surface area contributed by atoms with Crippen LogP contribution in [0.4, 0.5) is 4.39 Å². The summed E-state index contributed by atoms with van der Waals surface area (Å²) in [5.41, 5.74) is 1.81. The van der Waals surface area contributed by atoms with Gasteiger partial charge in [-0.05, 0) is 17.7 Å². The molecule has 4 nitrogen and oxygen atoms in total. The van der Waals surface area contributed by atoms with E-state index in [1.165, 1.54) is 12.1 Å². The lowest BCUT2D eigenvalue weighted by atomic mass is 10.2. The second kappa shape index (κ2) is 5.64. The second-order valence-corrected chi connectivity index (χ2v) is 4.04. The molecule has 0 fully saturated rings. The van der Waals surface area contributed by atoms with E-state index in [0.717, 1.165) is 17.1 Å². The molecule has 5 heteroatoms. The Labute approximate surface area is 105 Å². The second-order valence-electron chi connectivity index (χ2n) is 4.04. The van der Waals surface area contributed by atoms with Crippen molar-refractivity contribution >= 4 is 0 Å². The fourth-order valence-corrected chi connectivity index (χ4v) is 1.77. The number of hydrogen-bond donors (Lipinski definition) is 1. The van der Waals surface area contributed by atoms with Gasteiger partial charge < -0.3 is 10.1 Å². The minimum atomic E-state index is -0.214. The zero-order valence-corrected chi connectivity index (χ0v) is 10.5. The molecule has 0 aliphatic rings. The molecule has 0 aliphatic carbocycles. The van der Waals surface area contributed by atoms with E-state index in [-0.39, 0.29) is 5.82 Å². The molecule has 1 aromatic heterocycles. The lowest BCUT2D eigenvalue weighted by molar-refractivity contribution is 0.373. The first-order valence-electron chi connectivity index (χ1n) is 5.71. The van der Waals surface area contributed by atoms with E-state index in [1.54, 1.807) is 17.9 Å². The number of nitrogens with zero attached hydrogens (tertiary/aromatic N) is 2. The van der Waals surface area contributed by atoms with Crippen molar-refractivity contribution in [3.63, 3.8) is 0 Å². The van der Waals surface area contributed by atoms with Gasteiger partial charge in [0, 0.05) is 26.2 Å². The van der Waals surface area contributed by atoms with Crippen molar-refractivity contribution in [2.75, 3.05) is 7.11 Å². The molecule has 0 aliphatic heterocycles. The average molecular weight is 249 g/mol. The van der Waals surface area contributed by atoms with Gasteiger partial charge in [-0.3, -0.25) is 0 Å². The Bertz CT molecular complexity index is 525. The highest BCUT2D eigenvalue weighted by molar-refractivity contribution is 5.17. The van der Waals surface area contributed by atoms with Crippen LogP contribution in [-0.4, -0.2) is 16.9 Å². The zero-order chi connectivity index (χ0) is 13.0. The van der Waals surface area contributed by atoms with Crippen molar-refractivity contribution in [1.29, 1.82) is 0 Å². The molecule has 1 aromatic carbocycles. The third-order valence-electron chi connectivity index (χ3n) is 2.62. The van der Waals surface area contributed by atoms with E-state index in [4.69, 9.17) is 4.74 Å². The van der Waals surface area contributed by atoms with Crippen molar-refractivity contribution < 1.29 is 9.13 Å². The maximum absolute atomic E-state index is 13.0. The van der Waals surface area contributed by atoms with Crippen LogP contribution in [0.2, 0.25) is 0 Å². The monoisotopic (exact) mass is 249 g/mol. The van der Waals surface area contributed by atoms with Crippen LogP contribution in [-0.2, 0) is 20.1 Å². The van der Waals surface area contributed by atoms with Gasteiger partial charge in [0.05, 0.1) is 12.8 Å². The normalized spacial score (nSPS) is 10.6. The van der Waals surface area contributed by atoms with Crippen molar-refractivity contribution in [3.8, 4) is 5.88 Å². The zero-order valence-electron chi connectivity index (χ0n) is 10.5. The van der Waals surface area contributed by atoms with Crippen LogP contribution in [0, 0.1) is 5.82 Å². The lowest BCUT2D eigenvalue weighted by Gasteiger charge is -2.02. The van der Waals surface area contributed by atoms with Crippen LogP contribution in [0.25, 0.3) is 0 Å². The Morgan fingerprint density at radius 1 is 1.33 bits per heavy atom. The molecule has 0 bridgehead atoms. The summed E-state index contributed by atoms with van der Waals surface area (Å²) < 4.78 is 19.8. The highest BCUT2D eigenvalue weighted by Crippen LogP contribution is 2.11. The molecule has 2 rings (SSSR count). The lowest BCUT2D eigenvalue weighted by Crippen LogP contribution is -2.13. The quantitative estimate of drug-likeness (QED) is 0.879. The van der Waals surface area contributed by atoms with Crippen molar-refractivity contribution in [2.45, 2.75) is 13.1 Å². The van der Waals surface area contributed by atoms with Gasteiger partial charge in [-0.25, -0.2) is 9.07 Å². The predicted octanol–water partition coefficient (Wildman–Crippen LogP) is 1.86.